The molecule has 0 N–H and O–H groups in total. The van der Waals surface area contributed by atoms with Gasteiger partial charge < -0.3 is 4.57 Å². The number of para-hydroxylation sites is 2. The van der Waals surface area contributed by atoms with Crippen molar-refractivity contribution >= 4 is 11.0 Å². The van der Waals surface area contributed by atoms with Crippen LogP contribution in [0.2, 0.25) is 0 Å². The van der Waals surface area contributed by atoms with E-state index in [1.165, 1.54) is 23.9 Å². The Bertz CT molecular complexity index is 693. The zero-order valence-electron chi connectivity index (χ0n) is 10.1. The number of aromatic nitrogens is 2. The minimum atomic E-state index is 0.646. The van der Waals surface area contributed by atoms with Crippen molar-refractivity contribution in [3.63, 3.8) is 0 Å². The molecule has 2 heteroatoms. The lowest BCUT2D eigenvalue weighted by Crippen LogP contribution is -1.96. The van der Waals surface area contributed by atoms with Crippen molar-refractivity contribution in [3.05, 3.63) is 54.6 Å². The molecule has 0 aliphatic heterocycles. The first-order valence-corrected chi connectivity index (χ1v) is 6.46. The van der Waals surface area contributed by atoms with Gasteiger partial charge in [0.1, 0.15) is 5.82 Å². The molecule has 3 aromatic rings. The van der Waals surface area contributed by atoms with E-state index in [1.54, 1.807) is 0 Å². The minimum absolute atomic E-state index is 0.646. The molecular weight excluding hydrogens is 220 g/mol. The van der Waals surface area contributed by atoms with Gasteiger partial charge in [-0.2, -0.15) is 0 Å². The fraction of sp³-hybridized carbons (Fsp3) is 0.188. The van der Waals surface area contributed by atoms with Crippen molar-refractivity contribution in [1.29, 1.82) is 0 Å². The maximum absolute atomic E-state index is 4.81. The maximum atomic E-state index is 4.81. The summed E-state index contributed by atoms with van der Waals surface area (Å²) in [6.07, 6.45) is 2.56. The van der Waals surface area contributed by atoms with Gasteiger partial charge in [-0.15, -0.1) is 0 Å². The lowest BCUT2D eigenvalue weighted by molar-refractivity contribution is 0.775. The van der Waals surface area contributed by atoms with Crippen molar-refractivity contribution in [3.8, 4) is 11.4 Å². The van der Waals surface area contributed by atoms with Crippen molar-refractivity contribution in [2.45, 2.75) is 18.9 Å². The van der Waals surface area contributed by atoms with Crippen molar-refractivity contribution < 1.29 is 0 Å². The summed E-state index contributed by atoms with van der Waals surface area (Å²) >= 11 is 0. The summed E-state index contributed by atoms with van der Waals surface area (Å²) in [7, 11) is 0. The maximum Gasteiger partial charge on any atom is 0.141 e. The summed E-state index contributed by atoms with van der Waals surface area (Å²) in [6.45, 7) is 0. The van der Waals surface area contributed by atoms with Crippen molar-refractivity contribution in [1.82, 2.24) is 9.55 Å². The number of hydrogen-bond acceptors (Lipinski definition) is 1. The van der Waals surface area contributed by atoms with Crippen LogP contribution in [-0.2, 0) is 0 Å². The molecule has 0 atom stereocenters. The van der Waals surface area contributed by atoms with Gasteiger partial charge in [0.15, 0.2) is 0 Å². The summed E-state index contributed by atoms with van der Waals surface area (Å²) in [5.74, 6) is 1.11. The number of benzene rings is 2. The minimum Gasteiger partial charge on any atom is -0.321 e. The zero-order valence-corrected chi connectivity index (χ0v) is 10.1. The average Bonchev–Trinajstić information content (AvgIpc) is 3.19. The van der Waals surface area contributed by atoms with E-state index < -0.39 is 0 Å². The molecule has 0 amide bonds. The van der Waals surface area contributed by atoms with E-state index in [9.17, 15) is 0 Å². The highest BCUT2D eigenvalue weighted by Gasteiger charge is 2.28. The highest BCUT2D eigenvalue weighted by atomic mass is 15.1. The topological polar surface area (TPSA) is 17.8 Å². The molecule has 1 aliphatic carbocycles. The molecule has 0 radical (unpaired) electrons. The number of nitrogens with zero attached hydrogens (tertiary/aromatic N) is 2. The van der Waals surface area contributed by atoms with Crippen LogP contribution in [-0.4, -0.2) is 9.55 Å². The van der Waals surface area contributed by atoms with Crippen LogP contribution in [0.15, 0.2) is 54.6 Å². The van der Waals surface area contributed by atoms with Crippen molar-refractivity contribution in [2.75, 3.05) is 0 Å². The monoisotopic (exact) mass is 234 g/mol. The molecule has 0 saturated heterocycles. The summed E-state index contributed by atoms with van der Waals surface area (Å²) in [6, 6.07) is 19.5. The Labute approximate surface area is 106 Å². The van der Waals surface area contributed by atoms with Crippen molar-refractivity contribution in [2.24, 2.45) is 0 Å². The normalized spacial score (nSPS) is 15.1. The van der Waals surface area contributed by atoms with Crippen LogP contribution >= 0.6 is 0 Å². The van der Waals surface area contributed by atoms with Gasteiger partial charge in [-0.3, -0.25) is 0 Å². The van der Waals surface area contributed by atoms with Crippen LogP contribution in [0.25, 0.3) is 22.4 Å². The lowest BCUT2D eigenvalue weighted by atomic mass is 10.2. The molecule has 0 unspecified atom stereocenters. The quantitative estimate of drug-likeness (QED) is 0.654. The van der Waals surface area contributed by atoms with Crippen LogP contribution in [0.5, 0.6) is 0 Å². The third-order valence-electron chi connectivity index (χ3n) is 3.54. The molecule has 4 rings (SSSR count). The lowest BCUT2D eigenvalue weighted by Gasteiger charge is -2.07. The molecule has 0 bridgehead atoms. The Morgan fingerprint density at radius 3 is 2.39 bits per heavy atom. The smallest absolute Gasteiger partial charge is 0.141 e. The summed E-state index contributed by atoms with van der Waals surface area (Å²) < 4.78 is 2.41. The number of fused-ring (bicyclic) bond motifs is 1. The number of hydrogen-bond donors (Lipinski definition) is 0. The first-order chi connectivity index (χ1) is 8.93. The van der Waals surface area contributed by atoms with Crippen LogP contribution in [0, 0.1) is 0 Å². The zero-order chi connectivity index (χ0) is 11.9. The van der Waals surface area contributed by atoms with E-state index in [0.29, 0.717) is 6.04 Å². The van der Waals surface area contributed by atoms with Crippen LogP contribution in [0.4, 0.5) is 0 Å². The highest BCUT2D eigenvalue weighted by molar-refractivity contribution is 5.81. The first-order valence-electron chi connectivity index (χ1n) is 6.46. The van der Waals surface area contributed by atoms with Gasteiger partial charge in [0.2, 0.25) is 0 Å². The number of imidazole rings is 1. The van der Waals surface area contributed by atoms with Gasteiger partial charge in [-0.05, 0) is 25.0 Å². The molecule has 1 aromatic heterocycles. The molecule has 1 saturated carbocycles. The van der Waals surface area contributed by atoms with Gasteiger partial charge >= 0.3 is 0 Å². The Kier molecular flexibility index (Phi) is 2.04. The SMILES string of the molecule is c1ccc(-c2nc3ccccc3n2C2CC2)cc1. The van der Waals surface area contributed by atoms with Gasteiger partial charge in [0, 0.05) is 11.6 Å². The van der Waals surface area contributed by atoms with E-state index >= 15 is 0 Å². The second-order valence-electron chi connectivity index (χ2n) is 4.89. The van der Waals surface area contributed by atoms with Crippen LogP contribution < -0.4 is 0 Å². The Hall–Kier alpha value is -2.09. The van der Waals surface area contributed by atoms with E-state index in [2.05, 4.69) is 53.1 Å². The van der Waals surface area contributed by atoms with Gasteiger partial charge in [0.25, 0.3) is 0 Å². The van der Waals surface area contributed by atoms with Crippen LogP contribution in [0.3, 0.4) is 0 Å². The first kappa shape index (κ1) is 9.89. The predicted octanol–water partition coefficient (Wildman–Crippen LogP) is 4.04. The summed E-state index contributed by atoms with van der Waals surface area (Å²) in [5.41, 5.74) is 3.57. The average molecular weight is 234 g/mol. The van der Waals surface area contributed by atoms with Gasteiger partial charge in [-0.1, -0.05) is 42.5 Å². The van der Waals surface area contributed by atoms with E-state index in [-0.39, 0.29) is 0 Å². The largest absolute Gasteiger partial charge is 0.321 e. The predicted molar refractivity (Wildman–Crippen MR) is 73.4 cm³/mol. The third-order valence-corrected chi connectivity index (χ3v) is 3.54. The fourth-order valence-electron chi connectivity index (χ4n) is 2.54. The molecule has 88 valence electrons. The Balaban J connectivity index is 2.02. The molecule has 1 fully saturated rings. The summed E-state index contributed by atoms with van der Waals surface area (Å²) in [4.78, 5) is 4.81. The standard InChI is InChI=1S/C16H14N2/c1-2-6-12(7-3-1)16-17-14-8-4-5-9-15(14)18(16)13-10-11-13/h1-9,13H,10-11H2. The fourth-order valence-corrected chi connectivity index (χ4v) is 2.54. The number of rotatable bonds is 2. The Morgan fingerprint density at radius 2 is 1.61 bits per heavy atom. The molecule has 1 heterocycles. The highest BCUT2D eigenvalue weighted by Crippen LogP contribution is 2.41. The van der Waals surface area contributed by atoms with Gasteiger partial charge in [-0.25, -0.2) is 4.98 Å². The molecule has 1 aliphatic rings. The third kappa shape index (κ3) is 1.46. The molecular formula is C16H14N2. The van der Waals surface area contributed by atoms with E-state index in [1.807, 2.05) is 6.07 Å². The Morgan fingerprint density at radius 1 is 0.889 bits per heavy atom. The summed E-state index contributed by atoms with van der Waals surface area (Å²) in [5, 5.41) is 0. The second kappa shape index (κ2) is 3.70. The van der Waals surface area contributed by atoms with E-state index in [0.717, 1.165) is 11.3 Å². The van der Waals surface area contributed by atoms with Crippen LogP contribution in [0.1, 0.15) is 18.9 Å². The molecule has 2 nitrogen and oxygen atoms in total. The van der Waals surface area contributed by atoms with E-state index in [4.69, 9.17) is 4.98 Å². The second-order valence-corrected chi connectivity index (χ2v) is 4.89. The molecule has 2 aromatic carbocycles. The van der Waals surface area contributed by atoms with Gasteiger partial charge in [0.05, 0.1) is 11.0 Å². The molecule has 0 spiro atoms. The molecule has 18 heavy (non-hydrogen) atoms.